The zero-order valence-electron chi connectivity index (χ0n) is 15.6. The van der Waals surface area contributed by atoms with E-state index in [0.717, 1.165) is 16.9 Å². The van der Waals surface area contributed by atoms with Gasteiger partial charge in [-0.2, -0.15) is 0 Å². The molecule has 3 rings (SSSR count). The third-order valence-electron chi connectivity index (χ3n) is 4.29. The summed E-state index contributed by atoms with van der Waals surface area (Å²) in [5, 5.41) is 6.10. The molecule has 0 aliphatic rings. The molecular formula is C22H22N2O4. The first kappa shape index (κ1) is 19.4. The van der Waals surface area contributed by atoms with Crippen molar-refractivity contribution in [3.8, 4) is 0 Å². The summed E-state index contributed by atoms with van der Waals surface area (Å²) < 4.78 is 10.2. The number of amides is 1. The highest BCUT2D eigenvalue weighted by Crippen LogP contribution is 2.21. The van der Waals surface area contributed by atoms with Gasteiger partial charge in [0, 0.05) is 6.54 Å². The average molecular weight is 378 g/mol. The molecule has 1 aromatic heterocycles. The van der Waals surface area contributed by atoms with E-state index >= 15 is 0 Å². The minimum atomic E-state index is -0.385. The van der Waals surface area contributed by atoms with Gasteiger partial charge in [-0.15, -0.1) is 0 Å². The number of esters is 1. The average Bonchev–Trinajstić information content (AvgIpc) is 3.27. The van der Waals surface area contributed by atoms with Crippen LogP contribution >= 0.6 is 0 Å². The molecule has 2 aromatic carbocycles. The number of methoxy groups -OCH3 is 1. The molecule has 0 saturated carbocycles. The highest BCUT2D eigenvalue weighted by atomic mass is 16.5. The van der Waals surface area contributed by atoms with E-state index in [-0.39, 0.29) is 24.5 Å². The minimum absolute atomic E-state index is 0.135. The van der Waals surface area contributed by atoms with Gasteiger partial charge < -0.3 is 14.5 Å². The monoisotopic (exact) mass is 378 g/mol. The lowest BCUT2D eigenvalue weighted by Gasteiger charge is -2.17. The predicted octanol–water partition coefficient (Wildman–Crippen LogP) is 3.06. The van der Waals surface area contributed by atoms with Gasteiger partial charge in [0.25, 0.3) is 0 Å². The van der Waals surface area contributed by atoms with Crippen molar-refractivity contribution < 1.29 is 18.7 Å². The fourth-order valence-corrected chi connectivity index (χ4v) is 2.82. The number of carbonyl (C=O) groups excluding carboxylic acids is 2. The van der Waals surface area contributed by atoms with Gasteiger partial charge in [0.15, 0.2) is 0 Å². The summed E-state index contributed by atoms with van der Waals surface area (Å²) in [5.74, 6) is 0.228. The van der Waals surface area contributed by atoms with Crippen molar-refractivity contribution >= 4 is 11.9 Å². The van der Waals surface area contributed by atoms with E-state index in [1.54, 1.807) is 30.5 Å². The fraction of sp³-hybridized carbons (Fsp3) is 0.182. The van der Waals surface area contributed by atoms with Crippen molar-refractivity contribution in [3.63, 3.8) is 0 Å². The largest absolute Gasteiger partial charge is 0.467 e. The predicted molar refractivity (Wildman–Crippen MR) is 105 cm³/mol. The molecule has 6 nitrogen and oxygen atoms in total. The summed E-state index contributed by atoms with van der Waals surface area (Å²) in [6.07, 6.45) is 1.62. The van der Waals surface area contributed by atoms with Crippen LogP contribution in [0.2, 0.25) is 0 Å². The molecule has 2 N–H and O–H groups in total. The summed E-state index contributed by atoms with van der Waals surface area (Å²) >= 11 is 0. The molecule has 1 heterocycles. The molecule has 3 aromatic rings. The van der Waals surface area contributed by atoms with Crippen LogP contribution in [-0.4, -0.2) is 25.5 Å². The van der Waals surface area contributed by atoms with Crippen molar-refractivity contribution in [1.82, 2.24) is 10.6 Å². The van der Waals surface area contributed by atoms with Crippen LogP contribution in [0.1, 0.15) is 33.3 Å². The van der Waals surface area contributed by atoms with Gasteiger partial charge in [0.2, 0.25) is 5.91 Å². The quantitative estimate of drug-likeness (QED) is 0.589. The Hall–Kier alpha value is -3.38. The molecule has 0 bridgehead atoms. The van der Waals surface area contributed by atoms with Crippen LogP contribution in [0.4, 0.5) is 0 Å². The summed E-state index contributed by atoms with van der Waals surface area (Å²) in [6.45, 7) is 0.513. The van der Waals surface area contributed by atoms with Gasteiger partial charge >= 0.3 is 5.97 Å². The van der Waals surface area contributed by atoms with Crippen molar-refractivity contribution in [1.29, 1.82) is 0 Å². The molecule has 0 spiro atoms. The Morgan fingerprint density at radius 3 is 2.39 bits per heavy atom. The van der Waals surface area contributed by atoms with Gasteiger partial charge in [-0.25, -0.2) is 4.79 Å². The molecule has 0 unspecified atom stereocenters. The first-order valence-corrected chi connectivity index (χ1v) is 8.93. The van der Waals surface area contributed by atoms with Crippen LogP contribution in [-0.2, 0) is 16.1 Å². The topological polar surface area (TPSA) is 80.6 Å². The molecule has 0 saturated heterocycles. The number of hydrogen-bond acceptors (Lipinski definition) is 5. The molecule has 0 aliphatic carbocycles. The highest BCUT2D eigenvalue weighted by molar-refractivity contribution is 5.89. The Labute approximate surface area is 163 Å². The number of benzene rings is 2. The second-order valence-electron chi connectivity index (χ2n) is 6.21. The third kappa shape index (κ3) is 5.08. The van der Waals surface area contributed by atoms with Crippen LogP contribution in [0.5, 0.6) is 0 Å². The van der Waals surface area contributed by atoms with Crippen molar-refractivity contribution in [2.45, 2.75) is 12.6 Å². The number of hydrogen-bond donors (Lipinski definition) is 2. The lowest BCUT2D eigenvalue weighted by atomic mass is 10.0. The third-order valence-corrected chi connectivity index (χ3v) is 4.29. The second-order valence-corrected chi connectivity index (χ2v) is 6.21. The Morgan fingerprint density at radius 2 is 1.75 bits per heavy atom. The van der Waals surface area contributed by atoms with Gasteiger partial charge in [-0.1, -0.05) is 42.5 Å². The van der Waals surface area contributed by atoms with Crippen molar-refractivity contribution in [2.24, 2.45) is 0 Å². The Kier molecular flexibility index (Phi) is 6.59. The fourth-order valence-electron chi connectivity index (χ4n) is 2.82. The van der Waals surface area contributed by atoms with Crippen LogP contribution in [0.15, 0.2) is 77.4 Å². The van der Waals surface area contributed by atoms with E-state index in [4.69, 9.17) is 4.42 Å². The van der Waals surface area contributed by atoms with Crippen molar-refractivity contribution in [3.05, 3.63) is 95.4 Å². The normalized spacial score (nSPS) is 11.6. The van der Waals surface area contributed by atoms with E-state index in [0.29, 0.717) is 12.1 Å². The van der Waals surface area contributed by atoms with Gasteiger partial charge in [0.1, 0.15) is 5.76 Å². The zero-order valence-corrected chi connectivity index (χ0v) is 15.6. The lowest BCUT2D eigenvalue weighted by Crippen LogP contribution is -2.35. The maximum Gasteiger partial charge on any atom is 0.337 e. The van der Waals surface area contributed by atoms with Crippen LogP contribution in [0.25, 0.3) is 0 Å². The lowest BCUT2D eigenvalue weighted by molar-refractivity contribution is -0.120. The molecule has 1 atom stereocenters. The van der Waals surface area contributed by atoms with Crippen LogP contribution < -0.4 is 10.6 Å². The van der Waals surface area contributed by atoms with Crippen LogP contribution in [0.3, 0.4) is 0 Å². The summed E-state index contributed by atoms with van der Waals surface area (Å²) in [4.78, 5) is 23.7. The van der Waals surface area contributed by atoms with E-state index in [2.05, 4.69) is 15.4 Å². The number of ether oxygens (including phenoxy) is 1. The molecule has 28 heavy (non-hydrogen) atoms. The van der Waals surface area contributed by atoms with Crippen molar-refractivity contribution in [2.75, 3.05) is 13.7 Å². The summed E-state index contributed by atoms with van der Waals surface area (Å²) in [6, 6.07) is 20.2. The van der Waals surface area contributed by atoms with E-state index in [9.17, 15) is 9.59 Å². The zero-order chi connectivity index (χ0) is 19.8. The van der Waals surface area contributed by atoms with Gasteiger partial charge in [-0.05, 0) is 35.4 Å². The minimum Gasteiger partial charge on any atom is -0.467 e. The van der Waals surface area contributed by atoms with Gasteiger partial charge in [-0.3, -0.25) is 10.1 Å². The Morgan fingerprint density at radius 1 is 1.00 bits per heavy atom. The highest BCUT2D eigenvalue weighted by Gasteiger charge is 2.17. The number of rotatable bonds is 8. The number of carbonyl (C=O) groups is 2. The second kappa shape index (κ2) is 9.53. The SMILES string of the molecule is COC(=O)c1ccc(CNC(=O)CN[C@@H](c2ccccc2)c2ccco2)cc1. The molecule has 144 valence electrons. The molecule has 0 aliphatic heterocycles. The molecule has 1 amide bonds. The molecule has 0 fully saturated rings. The molecule has 0 radical (unpaired) electrons. The summed E-state index contributed by atoms with van der Waals surface area (Å²) in [7, 11) is 1.34. The summed E-state index contributed by atoms with van der Waals surface area (Å²) in [5.41, 5.74) is 2.39. The van der Waals surface area contributed by atoms with E-state index < -0.39 is 0 Å². The standard InChI is InChI=1S/C22H22N2O4/c1-27-22(26)18-11-9-16(10-12-18)14-23-20(25)15-24-21(19-8-5-13-28-19)17-6-3-2-4-7-17/h2-13,21,24H,14-15H2,1H3,(H,23,25)/t21-/m0/s1. The van der Waals surface area contributed by atoms with Crippen LogP contribution in [0, 0.1) is 0 Å². The Bertz CT molecular complexity index is 890. The van der Waals surface area contributed by atoms with E-state index in [1.807, 2.05) is 42.5 Å². The smallest absolute Gasteiger partial charge is 0.337 e. The number of nitrogens with one attached hydrogen (secondary N) is 2. The molecular weight excluding hydrogens is 356 g/mol. The first-order chi connectivity index (χ1) is 13.7. The number of furan rings is 1. The maximum absolute atomic E-state index is 12.3. The Balaban J connectivity index is 1.54. The van der Waals surface area contributed by atoms with E-state index in [1.165, 1.54) is 7.11 Å². The van der Waals surface area contributed by atoms with Gasteiger partial charge in [0.05, 0.1) is 31.5 Å². The first-order valence-electron chi connectivity index (χ1n) is 8.93. The molecule has 6 heteroatoms. The maximum atomic E-state index is 12.3.